The number of carbonyl (C=O) groups excluding carboxylic acids is 3. The second-order valence-corrected chi connectivity index (χ2v) is 8.61. The van der Waals surface area contributed by atoms with E-state index in [0.717, 1.165) is 16.7 Å². The minimum Gasteiger partial charge on any atom is -0.481 e. The third-order valence-corrected chi connectivity index (χ3v) is 4.86. The van der Waals surface area contributed by atoms with Crippen LogP contribution in [-0.4, -0.2) is 63.5 Å². The largest absolute Gasteiger partial charge is 0.481 e. The summed E-state index contributed by atoms with van der Waals surface area (Å²) >= 11 is 0.801. The van der Waals surface area contributed by atoms with Gasteiger partial charge in [0.15, 0.2) is 0 Å². The molecule has 1 aliphatic heterocycles. The molecule has 2 unspecified atom stereocenters. The van der Waals surface area contributed by atoms with Gasteiger partial charge in [0.2, 0.25) is 11.5 Å². The summed E-state index contributed by atoms with van der Waals surface area (Å²) in [4.78, 5) is 48.3. The van der Waals surface area contributed by atoms with E-state index in [9.17, 15) is 23.6 Å². The van der Waals surface area contributed by atoms with Crippen LogP contribution in [0.4, 0.5) is 14.9 Å². The number of urea groups is 1. The molecule has 3 N–H and O–H groups in total. The zero-order valence-electron chi connectivity index (χ0n) is 16.8. The van der Waals surface area contributed by atoms with Gasteiger partial charge < -0.3 is 20.5 Å². The second-order valence-electron chi connectivity index (χ2n) is 7.55. The predicted molar refractivity (Wildman–Crippen MR) is 109 cm³/mol. The third kappa shape index (κ3) is 6.90. The summed E-state index contributed by atoms with van der Waals surface area (Å²) in [6, 6.07) is 4.42. The number of ether oxygens (including phenoxy) is 1. The first-order chi connectivity index (χ1) is 14.0. The molecule has 0 spiro atoms. The van der Waals surface area contributed by atoms with E-state index < -0.39 is 47.7 Å². The standard InChI is InChI=1S/C19H24FN3O6S/c1-19(2,3)29-16(27)13-10-30-17(20)23(13)14(24)9-21-18(28)22-12-6-4-5-11(7-12)8-15(25)26/h4-7,13,17H,8-10H2,1-3H3,(H,25,26)(H2,21,22,28). The first-order valence-corrected chi connectivity index (χ1v) is 10.2. The first-order valence-electron chi connectivity index (χ1n) is 9.11. The Bertz CT molecular complexity index is 829. The van der Waals surface area contributed by atoms with Crippen molar-refractivity contribution < 1.29 is 33.4 Å². The molecule has 1 fully saturated rings. The molecule has 11 heteroatoms. The lowest BCUT2D eigenvalue weighted by Gasteiger charge is -2.27. The molecule has 1 heterocycles. The number of carbonyl (C=O) groups is 4. The Morgan fingerprint density at radius 3 is 2.63 bits per heavy atom. The zero-order chi connectivity index (χ0) is 22.5. The van der Waals surface area contributed by atoms with Crippen molar-refractivity contribution >= 4 is 41.3 Å². The third-order valence-electron chi connectivity index (χ3n) is 3.85. The number of carboxylic acids is 1. The van der Waals surface area contributed by atoms with Crippen molar-refractivity contribution in [2.24, 2.45) is 0 Å². The zero-order valence-corrected chi connectivity index (χ0v) is 17.6. The van der Waals surface area contributed by atoms with Crippen molar-refractivity contribution in [3.8, 4) is 0 Å². The molecule has 1 aromatic rings. The van der Waals surface area contributed by atoms with Gasteiger partial charge in [0.1, 0.15) is 11.6 Å². The highest BCUT2D eigenvalue weighted by molar-refractivity contribution is 8.00. The van der Waals surface area contributed by atoms with Crippen molar-refractivity contribution in [3.63, 3.8) is 0 Å². The molecule has 1 aromatic carbocycles. The Balaban J connectivity index is 1.92. The van der Waals surface area contributed by atoms with E-state index in [2.05, 4.69) is 10.6 Å². The highest BCUT2D eigenvalue weighted by atomic mass is 32.2. The number of esters is 1. The van der Waals surface area contributed by atoms with Crippen LogP contribution in [0, 0.1) is 0 Å². The van der Waals surface area contributed by atoms with E-state index in [1.807, 2.05) is 0 Å². The van der Waals surface area contributed by atoms with Gasteiger partial charge in [0.05, 0.1) is 13.0 Å². The van der Waals surface area contributed by atoms with Gasteiger partial charge in [-0.15, -0.1) is 11.8 Å². The number of amides is 3. The van der Waals surface area contributed by atoms with Crippen molar-refractivity contribution in [1.29, 1.82) is 0 Å². The smallest absolute Gasteiger partial charge is 0.330 e. The number of halogens is 1. The van der Waals surface area contributed by atoms with Crippen LogP contribution >= 0.6 is 11.8 Å². The molecule has 1 saturated heterocycles. The van der Waals surface area contributed by atoms with Crippen LogP contribution in [0.15, 0.2) is 24.3 Å². The van der Waals surface area contributed by atoms with E-state index in [4.69, 9.17) is 9.84 Å². The van der Waals surface area contributed by atoms with Crippen LogP contribution in [0.1, 0.15) is 26.3 Å². The molecular formula is C19H24FN3O6S. The fourth-order valence-corrected chi connectivity index (χ4v) is 3.73. The number of nitrogens with zero attached hydrogens (tertiary/aromatic N) is 1. The van der Waals surface area contributed by atoms with Crippen molar-refractivity contribution in [1.82, 2.24) is 10.2 Å². The van der Waals surface area contributed by atoms with Gasteiger partial charge >= 0.3 is 18.0 Å². The molecule has 0 aliphatic carbocycles. The van der Waals surface area contributed by atoms with Crippen LogP contribution in [-0.2, 0) is 25.5 Å². The van der Waals surface area contributed by atoms with Crippen LogP contribution in [0.3, 0.4) is 0 Å². The van der Waals surface area contributed by atoms with Crippen molar-refractivity contribution in [2.45, 2.75) is 44.5 Å². The maximum Gasteiger partial charge on any atom is 0.330 e. The predicted octanol–water partition coefficient (Wildman–Crippen LogP) is 1.97. The van der Waals surface area contributed by atoms with Crippen LogP contribution in [0.5, 0.6) is 0 Å². The number of alkyl halides is 1. The number of anilines is 1. The summed E-state index contributed by atoms with van der Waals surface area (Å²) in [5, 5.41) is 13.6. The summed E-state index contributed by atoms with van der Waals surface area (Å²) in [5.41, 5.74) is -1.66. The maximum absolute atomic E-state index is 14.2. The Morgan fingerprint density at radius 1 is 1.30 bits per heavy atom. The summed E-state index contributed by atoms with van der Waals surface area (Å²) in [6.07, 6.45) is -0.202. The topological polar surface area (TPSA) is 125 Å². The van der Waals surface area contributed by atoms with E-state index in [0.29, 0.717) is 11.3 Å². The van der Waals surface area contributed by atoms with Crippen molar-refractivity contribution in [2.75, 3.05) is 17.6 Å². The fourth-order valence-electron chi connectivity index (χ4n) is 2.67. The molecule has 164 valence electrons. The molecular weight excluding hydrogens is 417 g/mol. The number of aliphatic carboxylic acids is 1. The average Bonchev–Trinajstić information content (AvgIpc) is 3.00. The molecule has 30 heavy (non-hydrogen) atoms. The lowest BCUT2D eigenvalue weighted by atomic mass is 10.1. The van der Waals surface area contributed by atoms with E-state index in [1.54, 1.807) is 39.0 Å². The first kappa shape index (κ1) is 23.5. The molecule has 0 bridgehead atoms. The molecule has 9 nitrogen and oxygen atoms in total. The van der Waals surface area contributed by atoms with Gasteiger partial charge in [0, 0.05) is 11.4 Å². The summed E-state index contributed by atoms with van der Waals surface area (Å²) < 4.78 is 19.4. The molecule has 0 aromatic heterocycles. The van der Waals surface area contributed by atoms with Gasteiger partial charge in [-0.1, -0.05) is 12.1 Å². The fraction of sp³-hybridized carbons (Fsp3) is 0.474. The second kappa shape index (κ2) is 9.79. The maximum atomic E-state index is 14.2. The van der Waals surface area contributed by atoms with E-state index in [-0.39, 0.29) is 12.2 Å². The molecule has 2 atom stereocenters. The highest BCUT2D eigenvalue weighted by Gasteiger charge is 2.43. The number of nitrogens with one attached hydrogen (secondary N) is 2. The van der Waals surface area contributed by atoms with Gasteiger partial charge in [-0.05, 0) is 38.5 Å². The summed E-state index contributed by atoms with van der Waals surface area (Å²) in [5.74, 6) is -2.42. The minimum absolute atomic E-state index is 0.0599. The van der Waals surface area contributed by atoms with E-state index >= 15 is 0 Å². The molecule has 0 radical (unpaired) electrons. The van der Waals surface area contributed by atoms with Crippen LogP contribution in [0.25, 0.3) is 0 Å². The summed E-state index contributed by atoms with van der Waals surface area (Å²) in [6.45, 7) is 4.48. The Morgan fingerprint density at radius 2 is 2.00 bits per heavy atom. The molecule has 2 rings (SSSR count). The van der Waals surface area contributed by atoms with E-state index in [1.165, 1.54) is 6.07 Å². The number of carboxylic acid groups (broad SMARTS) is 1. The Labute approximate surface area is 177 Å². The number of thioether (sulfide) groups is 1. The summed E-state index contributed by atoms with van der Waals surface area (Å²) in [7, 11) is 0. The lowest BCUT2D eigenvalue weighted by molar-refractivity contribution is -0.164. The van der Waals surface area contributed by atoms with Gasteiger partial charge in [-0.25, -0.2) is 14.0 Å². The van der Waals surface area contributed by atoms with Gasteiger partial charge in [0.25, 0.3) is 0 Å². The van der Waals surface area contributed by atoms with Crippen LogP contribution < -0.4 is 10.6 Å². The molecule has 3 amide bonds. The van der Waals surface area contributed by atoms with Crippen molar-refractivity contribution in [3.05, 3.63) is 29.8 Å². The number of rotatable bonds is 6. The molecule has 0 saturated carbocycles. The Hall–Kier alpha value is -2.82. The monoisotopic (exact) mass is 441 g/mol. The quantitative estimate of drug-likeness (QED) is 0.455. The Kier molecular flexibility index (Phi) is 7.65. The van der Waals surface area contributed by atoms with Gasteiger partial charge in [-0.3, -0.25) is 14.5 Å². The minimum atomic E-state index is -1.72. The number of hydrogen-bond donors (Lipinski definition) is 3. The highest BCUT2D eigenvalue weighted by Crippen LogP contribution is 2.31. The number of hydrogen-bond acceptors (Lipinski definition) is 6. The SMILES string of the molecule is CC(C)(C)OC(=O)C1CSC(F)N1C(=O)CNC(=O)Nc1cccc(CC(=O)O)c1. The van der Waals surface area contributed by atoms with Crippen LogP contribution in [0.2, 0.25) is 0 Å². The average molecular weight is 441 g/mol. The normalized spacial score (nSPS) is 18.6. The molecule has 1 aliphatic rings. The lowest BCUT2D eigenvalue weighted by Crippen LogP contribution is -2.50. The number of benzene rings is 1. The van der Waals surface area contributed by atoms with Gasteiger partial charge in [-0.2, -0.15) is 0 Å².